The zero-order valence-corrected chi connectivity index (χ0v) is 16.8. The molecule has 3 rings (SSSR count). The molecule has 1 saturated carbocycles. The summed E-state index contributed by atoms with van der Waals surface area (Å²) in [5.74, 6) is -0.226. The van der Waals surface area contributed by atoms with Crippen LogP contribution in [-0.4, -0.2) is 36.8 Å². The predicted molar refractivity (Wildman–Crippen MR) is 106 cm³/mol. The lowest BCUT2D eigenvalue weighted by atomic mass is 9.70. The summed E-state index contributed by atoms with van der Waals surface area (Å²) in [7, 11) is 3.81. The number of halogens is 3. The molecule has 29 heavy (non-hydrogen) atoms. The van der Waals surface area contributed by atoms with Crippen LogP contribution in [0, 0.1) is 5.92 Å². The summed E-state index contributed by atoms with van der Waals surface area (Å²) in [6, 6.07) is 15.0. The molecule has 0 aliphatic heterocycles. The highest BCUT2D eigenvalue weighted by molar-refractivity contribution is 5.31. The Morgan fingerprint density at radius 2 is 1.83 bits per heavy atom. The van der Waals surface area contributed by atoms with Gasteiger partial charge in [0.05, 0.1) is 23.9 Å². The summed E-state index contributed by atoms with van der Waals surface area (Å²) in [5, 5.41) is 11.5. The van der Waals surface area contributed by atoms with Gasteiger partial charge in [-0.25, -0.2) is 0 Å². The number of alkyl halides is 3. The third kappa shape index (κ3) is 5.38. The molecule has 0 spiro atoms. The lowest BCUT2D eigenvalue weighted by Crippen LogP contribution is -2.47. The third-order valence-electron chi connectivity index (χ3n) is 5.67. The van der Waals surface area contributed by atoms with Crippen molar-refractivity contribution in [2.24, 2.45) is 5.92 Å². The van der Waals surface area contributed by atoms with Crippen LogP contribution in [0.3, 0.4) is 0 Å². The molecule has 2 aromatic rings. The monoisotopic (exact) mass is 407 g/mol. The van der Waals surface area contributed by atoms with Crippen molar-refractivity contribution in [1.29, 1.82) is 0 Å². The molecule has 0 amide bonds. The van der Waals surface area contributed by atoms with E-state index in [1.807, 2.05) is 49.3 Å². The molecule has 1 aliphatic carbocycles. The topological polar surface area (TPSA) is 32.7 Å². The normalized spacial score (nSPS) is 25.3. The molecule has 2 aromatic carbocycles. The summed E-state index contributed by atoms with van der Waals surface area (Å²) < 4.78 is 45.6. The molecule has 0 bridgehead atoms. The van der Waals surface area contributed by atoms with E-state index in [1.165, 1.54) is 6.07 Å². The summed E-state index contributed by atoms with van der Waals surface area (Å²) in [4.78, 5) is 1.96. The molecule has 1 aliphatic rings. The highest BCUT2D eigenvalue weighted by Crippen LogP contribution is 2.44. The average molecular weight is 407 g/mol. The van der Waals surface area contributed by atoms with Gasteiger partial charge in [0.15, 0.2) is 0 Å². The largest absolute Gasteiger partial charge is 0.416 e. The Morgan fingerprint density at radius 3 is 2.48 bits per heavy atom. The second-order valence-electron chi connectivity index (χ2n) is 8.15. The second kappa shape index (κ2) is 8.86. The molecule has 1 N–H and O–H groups in total. The molecule has 1 fully saturated rings. The molecule has 0 saturated heterocycles. The standard InChI is InChI=1S/C23H28F3NO2/c1-27(2)15-20-14-21(29-16-17-7-4-3-5-8-17)11-12-22(20,28)18-9-6-10-19(13-18)23(24,25)26/h3-10,13,20-21,28H,11-12,14-16H2,1-2H3. The van der Waals surface area contributed by atoms with E-state index in [9.17, 15) is 18.3 Å². The highest BCUT2D eigenvalue weighted by atomic mass is 19.4. The molecule has 3 nitrogen and oxygen atoms in total. The molecule has 0 aromatic heterocycles. The van der Waals surface area contributed by atoms with E-state index >= 15 is 0 Å². The fourth-order valence-corrected chi connectivity index (χ4v) is 4.17. The van der Waals surface area contributed by atoms with Crippen LogP contribution in [0.1, 0.15) is 36.0 Å². The maximum Gasteiger partial charge on any atom is 0.416 e. The smallest absolute Gasteiger partial charge is 0.385 e. The molecule has 3 unspecified atom stereocenters. The van der Waals surface area contributed by atoms with Crippen LogP contribution in [0.15, 0.2) is 54.6 Å². The fraction of sp³-hybridized carbons (Fsp3) is 0.478. The Balaban J connectivity index is 1.78. The van der Waals surface area contributed by atoms with Crippen LogP contribution in [0.4, 0.5) is 13.2 Å². The van der Waals surface area contributed by atoms with Gasteiger partial charge in [0.2, 0.25) is 0 Å². The molecule has 6 heteroatoms. The number of hydrogen-bond donors (Lipinski definition) is 1. The Kier molecular flexibility index (Phi) is 6.66. The minimum Gasteiger partial charge on any atom is -0.385 e. The first kappa shape index (κ1) is 21.8. The first-order chi connectivity index (χ1) is 13.7. The van der Waals surface area contributed by atoms with E-state index in [4.69, 9.17) is 4.74 Å². The molecular weight excluding hydrogens is 379 g/mol. The van der Waals surface area contributed by atoms with Crippen LogP contribution < -0.4 is 0 Å². The van der Waals surface area contributed by atoms with E-state index in [2.05, 4.69) is 0 Å². The third-order valence-corrected chi connectivity index (χ3v) is 5.67. The van der Waals surface area contributed by atoms with E-state index in [0.29, 0.717) is 38.0 Å². The van der Waals surface area contributed by atoms with E-state index in [1.54, 1.807) is 6.07 Å². The van der Waals surface area contributed by atoms with Gasteiger partial charge in [0.25, 0.3) is 0 Å². The van der Waals surface area contributed by atoms with Crippen molar-refractivity contribution in [3.63, 3.8) is 0 Å². The maximum atomic E-state index is 13.2. The average Bonchev–Trinajstić information content (AvgIpc) is 2.68. The molecular formula is C23H28F3NO2. The van der Waals surface area contributed by atoms with Gasteiger partial charge in [-0.2, -0.15) is 13.2 Å². The minimum atomic E-state index is -4.43. The molecule has 158 valence electrons. The minimum absolute atomic E-state index is 0.0359. The van der Waals surface area contributed by atoms with Crippen molar-refractivity contribution in [3.05, 3.63) is 71.3 Å². The Morgan fingerprint density at radius 1 is 1.10 bits per heavy atom. The van der Waals surface area contributed by atoms with E-state index in [0.717, 1.165) is 17.7 Å². The van der Waals surface area contributed by atoms with Gasteiger partial charge in [0.1, 0.15) is 0 Å². The lowest BCUT2D eigenvalue weighted by Gasteiger charge is -2.44. The van der Waals surface area contributed by atoms with Gasteiger partial charge in [-0.3, -0.25) is 0 Å². The zero-order valence-electron chi connectivity index (χ0n) is 16.8. The number of hydrogen-bond acceptors (Lipinski definition) is 3. The van der Waals surface area contributed by atoms with E-state index in [-0.39, 0.29) is 12.0 Å². The summed E-state index contributed by atoms with van der Waals surface area (Å²) in [6.07, 6.45) is -2.90. The lowest BCUT2D eigenvalue weighted by molar-refractivity contribution is -0.138. The van der Waals surface area contributed by atoms with Gasteiger partial charge < -0.3 is 14.7 Å². The van der Waals surface area contributed by atoms with Gasteiger partial charge in [-0.05, 0) is 56.6 Å². The van der Waals surface area contributed by atoms with Crippen LogP contribution >= 0.6 is 0 Å². The van der Waals surface area contributed by atoms with Crippen molar-refractivity contribution in [2.45, 2.75) is 43.8 Å². The maximum absolute atomic E-state index is 13.2. The Bertz CT molecular complexity index is 794. The number of rotatable bonds is 6. The summed E-state index contributed by atoms with van der Waals surface area (Å²) in [6.45, 7) is 1.06. The SMILES string of the molecule is CN(C)CC1CC(OCc2ccccc2)CCC1(O)c1cccc(C(F)(F)F)c1. The number of benzene rings is 2. The summed E-state index contributed by atoms with van der Waals surface area (Å²) in [5.41, 5.74) is -0.622. The first-order valence-electron chi connectivity index (χ1n) is 9.89. The quantitative estimate of drug-likeness (QED) is 0.744. The summed E-state index contributed by atoms with van der Waals surface area (Å²) >= 11 is 0. The predicted octanol–water partition coefficient (Wildman–Crippen LogP) is 4.84. The van der Waals surface area contributed by atoms with Crippen LogP contribution in [0.25, 0.3) is 0 Å². The zero-order chi connectivity index (χ0) is 21.1. The number of aliphatic hydroxyl groups is 1. The second-order valence-corrected chi connectivity index (χ2v) is 8.15. The number of nitrogens with zero attached hydrogens (tertiary/aromatic N) is 1. The van der Waals surface area contributed by atoms with Crippen molar-refractivity contribution >= 4 is 0 Å². The van der Waals surface area contributed by atoms with Crippen LogP contribution in [0.5, 0.6) is 0 Å². The van der Waals surface area contributed by atoms with Gasteiger partial charge in [-0.15, -0.1) is 0 Å². The first-order valence-corrected chi connectivity index (χ1v) is 9.89. The van der Waals surface area contributed by atoms with Crippen molar-refractivity contribution in [1.82, 2.24) is 4.90 Å². The Hall–Kier alpha value is -1.89. The van der Waals surface area contributed by atoms with E-state index < -0.39 is 17.3 Å². The molecule has 3 atom stereocenters. The molecule has 0 heterocycles. The van der Waals surface area contributed by atoms with Gasteiger partial charge in [0, 0.05) is 12.5 Å². The van der Waals surface area contributed by atoms with Gasteiger partial charge in [-0.1, -0.05) is 42.5 Å². The van der Waals surface area contributed by atoms with Crippen LogP contribution in [-0.2, 0) is 23.1 Å². The van der Waals surface area contributed by atoms with Gasteiger partial charge >= 0.3 is 6.18 Å². The van der Waals surface area contributed by atoms with Crippen molar-refractivity contribution in [3.8, 4) is 0 Å². The van der Waals surface area contributed by atoms with Crippen molar-refractivity contribution in [2.75, 3.05) is 20.6 Å². The highest BCUT2D eigenvalue weighted by Gasteiger charge is 2.44. The molecule has 0 radical (unpaired) electrons. The number of ether oxygens (including phenoxy) is 1. The van der Waals surface area contributed by atoms with Crippen molar-refractivity contribution < 1.29 is 23.0 Å². The van der Waals surface area contributed by atoms with Crippen LogP contribution in [0.2, 0.25) is 0 Å². The Labute approximate surface area is 170 Å². The fourth-order valence-electron chi connectivity index (χ4n) is 4.17.